The van der Waals surface area contributed by atoms with Crippen LogP contribution < -0.4 is 5.48 Å². The monoisotopic (exact) mass is 289 g/mol. The van der Waals surface area contributed by atoms with E-state index in [1.54, 1.807) is 18.2 Å². The second-order valence-corrected chi connectivity index (χ2v) is 4.83. The Hall–Kier alpha value is -0.770. The molecule has 1 N–H and O–H groups in total. The highest BCUT2D eigenvalue weighted by atomic mass is 35.5. The van der Waals surface area contributed by atoms with E-state index in [0.29, 0.717) is 16.5 Å². The number of carbonyl (C=O) groups is 1. The summed E-state index contributed by atoms with van der Waals surface area (Å²) in [7, 11) is 0. The first kappa shape index (κ1) is 15.3. The van der Waals surface area contributed by atoms with Crippen LogP contribution in [0.3, 0.4) is 0 Å². The lowest BCUT2D eigenvalue weighted by molar-refractivity contribution is -0.134. The quantitative estimate of drug-likeness (QED) is 0.606. The Bertz CT molecular complexity index is 397. The van der Waals surface area contributed by atoms with Gasteiger partial charge >= 0.3 is 0 Å². The molecule has 100 valence electrons. The van der Waals surface area contributed by atoms with Gasteiger partial charge in [-0.05, 0) is 24.1 Å². The summed E-state index contributed by atoms with van der Waals surface area (Å²) in [5, 5.41) is 0.982. The first-order valence-corrected chi connectivity index (χ1v) is 6.73. The zero-order chi connectivity index (χ0) is 13.4. The molecule has 0 aliphatic rings. The first-order chi connectivity index (χ1) is 8.63. The van der Waals surface area contributed by atoms with Crippen molar-refractivity contribution in [3.8, 4) is 0 Å². The Morgan fingerprint density at radius 2 is 2.06 bits per heavy atom. The summed E-state index contributed by atoms with van der Waals surface area (Å²) in [4.78, 5) is 16.5. The summed E-state index contributed by atoms with van der Waals surface area (Å²) >= 11 is 11.7. The van der Waals surface area contributed by atoms with Crippen LogP contribution >= 0.6 is 23.2 Å². The molecular formula is C13H17Cl2NO2. The van der Waals surface area contributed by atoms with Crippen molar-refractivity contribution in [2.24, 2.45) is 0 Å². The van der Waals surface area contributed by atoms with Crippen LogP contribution in [0.25, 0.3) is 0 Å². The molecule has 0 saturated heterocycles. The molecule has 0 saturated carbocycles. The lowest BCUT2D eigenvalue weighted by Gasteiger charge is -2.06. The summed E-state index contributed by atoms with van der Waals surface area (Å²) in [5.41, 5.74) is 3.27. The Labute approximate surface area is 117 Å². The topological polar surface area (TPSA) is 38.3 Å². The fourth-order valence-electron chi connectivity index (χ4n) is 1.42. The lowest BCUT2D eigenvalue weighted by Crippen LogP contribution is -2.23. The van der Waals surface area contributed by atoms with Crippen molar-refractivity contribution in [2.75, 3.05) is 0 Å². The fourth-order valence-corrected chi connectivity index (χ4v) is 1.74. The number of amides is 1. The van der Waals surface area contributed by atoms with Gasteiger partial charge in [0, 0.05) is 6.42 Å². The molecule has 18 heavy (non-hydrogen) atoms. The van der Waals surface area contributed by atoms with Gasteiger partial charge in [0.1, 0.15) is 0 Å². The molecule has 1 aromatic carbocycles. The van der Waals surface area contributed by atoms with Crippen LogP contribution in [0.5, 0.6) is 0 Å². The van der Waals surface area contributed by atoms with E-state index in [9.17, 15) is 4.79 Å². The highest BCUT2D eigenvalue weighted by Gasteiger charge is 2.02. The molecule has 0 aliphatic heterocycles. The van der Waals surface area contributed by atoms with Gasteiger partial charge in [0.05, 0.1) is 16.7 Å². The molecule has 0 aliphatic carbocycles. The van der Waals surface area contributed by atoms with Crippen molar-refractivity contribution in [3.63, 3.8) is 0 Å². The number of rotatable bonds is 7. The van der Waals surface area contributed by atoms with Crippen LogP contribution in [0.4, 0.5) is 0 Å². The molecular weight excluding hydrogens is 273 g/mol. The van der Waals surface area contributed by atoms with E-state index in [2.05, 4.69) is 12.4 Å². The van der Waals surface area contributed by atoms with Gasteiger partial charge in [-0.15, -0.1) is 0 Å². The molecule has 0 aromatic heterocycles. The predicted molar refractivity (Wildman–Crippen MR) is 73.5 cm³/mol. The minimum atomic E-state index is -0.0940. The second-order valence-electron chi connectivity index (χ2n) is 4.02. The molecule has 0 radical (unpaired) electrons. The minimum absolute atomic E-state index is 0.0940. The number of hydrogen-bond acceptors (Lipinski definition) is 2. The maximum absolute atomic E-state index is 11.3. The van der Waals surface area contributed by atoms with Gasteiger partial charge in [-0.1, -0.05) is 49.0 Å². The van der Waals surface area contributed by atoms with Gasteiger partial charge in [-0.25, -0.2) is 5.48 Å². The van der Waals surface area contributed by atoms with Crippen LogP contribution in [0.2, 0.25) is 10.0 Å². The third-order valence-electron chi connectivity index (χ3n) is 2.42. The summed E-state index contributed by atoms with van der Waals surface area (Å²) in [6.45, 7) is 2.37. The van der Waals surface area contributed by atoms with E-state index in [1.165, 1.54) is 0 Å². The summed E-state index contributed by atoms with van der Waals surface area (Å²) in [6, 6.07) is 5.22. The van der Waals surface area contributed by atoms with Crippen LogP contribution in [-0.4, -0.2) is 5.91 Å². The van der Waals surface area contributed by atoms with Crippen LogP contribution in [0.1, 0.15) is 38.2 Å². The van der Waals surface area contributed by atoms with E-state index in [-0.39, 0.29) is 12.5 Å². The zero-order valence-corrected chi connectivity index (χ0v) is 11.9. The number of nitrogens with one attached hydrogen (secondary N) is 1. The van der Waals surface area contributed by atoms with Crippen molar-refractivity contribution in [1.82, 2.24) is 5.48 Å². The van der Waals surface area contributed by atoms with Gasteiger partial charge in [0.25, 0.3) is 0 Å². The standard InChI is InChI=1S/C13H17Cl2NO2/c1-2-3-4-5-13(17)16-18-9-10-6-7-11(14)12(15)8-10/h6-8H,2-5,9H2,1H3,(H,16,17). The van der Waals surface area contributed by atoms with Crippen LogP contribution in [0, 0.1) is 0 Å². The number of halogens is 2. The second kappa shape index (κ2) is 8.35. The Morgan fingerprint density at radius 3 is 2.72 bits per heavy atom. The third kappa shape index (κ3) is 5.71. The number of unbranched alkanes of at least 4 members (excludes halogenated alkanes) is 2. The number of hydroxylamine groups is 1. The zero-order valence-electron chi connectivity index (χ0n) is 10.3. The molecule has 0 spiro atoms. The molecule has 5 heteroatoms. The molecule has 1 rings (SSSR count). The Kier molecular flexibility index (Phi) is 7.09. The smallest absolute Gasteiger partial charge is 0.243 e. The summed E-state index contributed by atoms with van der Waals surface area (Å²) in [6.07, 6.45) is 3.53. The van der Waals surface area contributed by atoms with Crippen molar-refractivity contribution in [1.29, 1.82) is 0 Å². The van der Waals surface area contributed by atoms with E-state index in [0.717, 1.165) is 24.8 Å². The summed E-state index contributed by atoms with van der Waals surface area (Å²) in [5.74, 6) is -0.0940. The van der Waals surface area contributed by atoms with Gasteiger partial charge in [0.15, 0.2) is 0 Å². The van der Waals surface area contributed by atoms with Gasteiger partial charge in [-0.3, -0.25) is 9.63 Å². The van der Waals surface area contributed by atoms with Crippen molar-refractivity contribution >= 4 is 29.1 Å². The molecule has 1 aromatic rings. The summed E-state index contributed by atoms with van der Waals surface area (Å²) < 4.78 is 0. The van der Waals surface area contributed by atoms with Crippen LogP contribution in [-0.2, 0) is 16.2 Å². The number of carbonyl (C=O) groups excluding carboxylic acids is 1. The van der Waals surface area contributed by atoms with Gasteiger partial charge < -0.3 is 0 Å². The Morgan fingerprint density at radius 1 is 1.28 bits per heavy atom. The lowest BCUT2D eigenvalue weighted by atomic mass is 10.2. The molecule has 0 fully saturated rings. The first-order valence-electron chi connectivity index (χ1n) is 5.98. The van der Waals surface area contributed by atoms with E-state index in [1.807, 2.05) is 0 Å². The number of benzene rings is 1. The number of hydrogen-bond donors (Lipinski definition) is 1. The SMILES string of the molecule is CCCCCC(=O)NOCc1ccc(Cl)c(Cl)c1. The maximum Gasteiger partial charge on any atom is 0.243 e. The van der Waals surface area contributed by atoms with Gasteiger partial charge in [-0.2, -0.15) is 0 Å². The molecule has 0 heterocycles. The Balaban J connectivity index is 2.24. The third-order valence-corrected chi connectivity index (χ3v) is 3.16. The predicted octanol–water partition coefficient (Wildman–Crippen LogP) is 4.12. The van der Waals surface area contributed by atoms with E-state index < -0.39 is 0 Å². The van der Waals surface area contributed by atoms with Crippen molar-refractivity contribution in [2.45, 2.75) is 39.2 Å². The molecule has 1 amide bonds. The van der Waals surface area contributed by atoms with E-state index >= 15 is 0 Å². The normalized spacial score (nSPS) is 10.4. The molecule has 0 unspecified atom stereocenters. The van der Waals surface area contributed by atoms with Gasteiger partial charge in [0.2, 0.25) is 5.91 Å². The van der Waals surface area contributed by atoms with E-state index in [4.69, 9.17) is 28.0 Å². The van der Waals surface area contributed by atoms with Crippen LogP contribution in [0.15, 0.2) is 18.2 Å². The molecule has 3 nitrogen and oxygen atoms in total. The fraction of sp³-hybridized carbons (Fsp3) is 0.462. The van der Waals surface area contributed by atoms with Crippen molar-refractivity contribution < 1.29 is 9.63 Å². The maximum atomic E-state index is 11.3. The largest absolute Gasteiger partial charge is 0.273 e. The van der Waals surface area contributed by atoms with Crippen molar-refractivity contribution in [3.05, 3.63) is 33.8 Å². The average molecular weight is 290 g/mol. The highest BCUT2D eigenvalue weighted by Crippen LogP contribution is 2.22. The highest BCUT2D eigenvalue weighted by molar-refractivity contribution is 6.42. The average Bonchev–Trinajstić information content (AvgIpc) is 2.34. The molecule has 0 atom stereocenters. The minimum Gasteiger partial charge on any atom is -0.273 e. The molecule has 0 bridgehead atoms.